The van der Waals surface area contributed by atoms with Gasteiger partial charge in [-0.1, -0.05) is 54.1 Å². The summed E-state index contributed by atoms with van der Waals surface area (Å²) in [4.78, 5) is 24.1. The Morgan fingerprint density at radius 2 is 1.79 bits per heavy atom. The van der Waals surface area contributed by atoms with E-state index in [4.69, 9.17) is 11.6 Å². The maximum atomic E-state index is 12.6. The van der Waals surface area contributed by atoms with Crippen molar-refractivity contribution in [1.82, 2.24) is 19.5 Å². The third-order valence-corrected chi connectivity index (χ3v) is 4.14. The van der Waals surface area contributed by atoms with Gasteiger partial charge in [0.05, 0.1) is 11.3 Å². The number of imidazole rings is 1. The molecule has 4 rings (SSSR count). The fraction of sp³-hybridized carbons (Fsp3) is 0.0556. The lowest BCUT2D eigenvalue weighted by Gasteiger charge is -2.05. The topological polar surface area (TPSA) is 63.6 Å². The van der Waals surface area contributed by atoms with Crippen molar-refractivity contribution in [2.75, 3.05) is 0 Å². The van der Waals surface area contributed by atoms with Gasteiger partial charge < -0.3 is 9.55 Å². The monoisotopic (exact) mass is 336 g/mol. The summed E-state index contributed by atoms with van der Waals surface area (Å²) in [6.07, 6.45) is 1.64. The second-order valence-electron chi connectivity index (χ2n) is 5.42. The molecule has 0 radical (unpaired) electrons. The van der Waals surface area contributed by atoms with Gasteiger partial charge in [0.2, 0.25) is 0 Å². The molecule has 2 aromatic carbocycles. The summed E-state index contributed by atoms with van der Waals surface area (Å²) in [6.45, 7) is 0.563. The number of hydrogen-bond acceptors (Lipinski definition) is 3. The van der Waals surface area contributed by atoms with E-state index in [9.17, 15) is 4.79 Å². The molecule has 4 aromatic rings. The average molecular weight is 337 g/mol. The van der Waals surface area contributed by atoms with Gasteiger partial charge in [-0.05, 0) is 17.7 Å². The van der Waals surface area contributed by atoms with E-state index in [0.717, 1.165) is 5.56 Å². The summed E-state index contributed by atoms with van der Waals surface area (Å²) >= 11 is 6.19. The van der Waals surface area contributed by atoms with Crippen molar-refractivity contribution in [2.24, 2.45) is 0 Å². The molecule has 0 atom stereocenters. The highest BCUT2D eigenvalue weighted by atomic mass is 35.5. The molecule has 0 fully saturated rings. The summed E-state index contributed by atoms with van der Waals surface area (Å²) in [5, 5.41) is 0.531. The molecule has 1 N–H and O–H groups in total. The highest BCUT2D eigenvalue weighted by molar-refractivity contribution is 6.33. The Kier molecular flexibility index (Phi) is 3.63. The zero-order chi connectivity index (χ0) is 16.5. The molecule has 0 bridgehead atoms. The van der Waals surface area contributed by atoms with Crippen LogP contribution in [0.25, 0.3) is 22.6 Å². The van der Waals surface area contributed by atoms with Gasteiger partial charge in [0, 0.05) is 12.1 Å². The van der Waals surface area contributed by atoms with Crippen LogP contribution in [0.15, 0.2) is 65.7 Å². The van der Waals surface area contributed by atoms with Crippen LogP contribution in [0.3, 0.4) is 0 Å². The molecule has 0 aliphatic carbocycles. The first-order chi connectivity index (χ1) is 11.7. The molecular weight excluding hydrogens is 324 g/mol. The minimum absolute atomic E-state index is 0.233. The largest absolute Gasteiger partial charge is 0.320 e. The quantitative estimate of drug-likeness (QED) is 0.623. The maximum Gasteiger partial charge on any atom is 0.277 e. The molecule has 0 spiro atoms. The lowest BCUT2D eigenvalue weighted by atomic mass is 10.2. The first kappa shape index (κ1) is 14.7. The Morgan fingerprint density at radius 3 is 2.58 bits per heavy atom. The van der Waals surface area contributed by atoms with Gasteiger partial charge in [-0.15, -0.1) is 0 Å². The van der Waals surface area contributed by atoms with E-state index in [1.54, 1.807) is 17.0 Å². The van der Waals surface area contributed by atoms with Crippen LogP contribution in [0.1, 0.15) is 5.56 Å². The summed E-state index contributed by atoms with van der Waals surface area (Å²) in [5.41, 5.74) is 2.39. The number of fused-ring (bicyclic) bond motifs is 1. The molecule has 0 aliphatic heterocycles. The Balaban J connectivity index is 1.82. The van der Waals surface area contributed by atoms with Gasteiger partial charge in [0.15, 0.2) is 11.2 Å². The van der Waals surface area contributed by atoms with Crippen LogP contribution >= 0.6 is 11.6 Å². The van der Waals surface area contributed by atoms with Gasteiger partial charge >= 0.3 is 0 Å². The highest BCUT2D eigenvalue weighted by Gasteiger charge is 2.13. The van der Waals surface area contributed by atoms with Crippen LogP contribution in [0, 0.1) is 0 Å². The average Bonchev–Trinajstić information content (AvgIpc) is 2.99. The number of aromatic nitrogens is 4. The molecule has 0 amide bonds. The van der Waals surface area contributed by atoms with Crippen molar-refractivity contribution in [2.45, 2.75) is 6.54 Å². The number of aromatic amines is 1. The molecule has 0 aliphatic rings. The van der Waals surface area contributed by atoms with Crippen molar-refractivity contribution < 1.29 is 0 Å². The van der Waals surface area contributed by atoms with Crippen LogP contribution in [-0.2, 0) is 6.54 Å². The second-order valence-corrected chi connectivity index (χ2v) is 5.83. The third-order valence-electron chi connectivity index (χ3n) is 3.81. The standard InChI is InChI=1S/C18H13ClN4O/c19-14-9-5-4-8-13(14)16-21-17-15(18(24)22-16)23(11-20-17)10-12-6-2-1-3-7-12/h1-9,11H,10H2,(H,21,22,24). The molecule has 0 saturated heterocycles. The smallest absolute Gasteiger partial charge is 0.277 e. The molecule has 5 nitrogen and oxygen atoms in total. The van der Waals surface area contributed by atoms with E-state index < -0.39 is 0 Å². The maximum absolute atomic E-state index is 12.6. The fourth-order valence-electron chi connectivity index (χ4n) is 2.67. The minimum Gasteiger partial charge on any atom is -0.320 e. The van der Waals surface area contributed by atoms with E-state index in [1.807, 2.05) is 48.5 Å². The lowest BCUT2D eigenvalue weighted by Crippen LogP contribution is -2.13. The SMILES string of the molecule is O=c1[nH]c(-c2ccccc2Cl)nc2ncn(Cc3ccccc3)c12. The van der Waals surface area contributed by atoms with Crippen LogP contribution < -0.4 is 5.56 Å². The number of nitrogens with one attached hydrogen (secondary N) is 1. The van der Waals surface area contributed by atoms with Crippen molar-refractivity contribution in [1.29, 1.82) is 0 Å². The Bertz CT molecular complexity index is 1070. The molecule has 6 heteroatoms. The molecule has 2 aromatic heterocycles. The normalized spacial score (nSPS) is 11.0. The Labute approximate surface area is 142 Å². The second kappa shape index (κ2) is 5.94. The summed E-state index contributed by atoms with van der Waals surface area (Å²) in [7, 11) is 0. The molecule has 24 heavy (non-hydrogen) atoms. The van der Waals surface area contributed by atoms with E-state index in [1.165, 1.54) is 0 Å². The highest BCUT2D eigenvalue weighted by Crippen LogP contribution is 2.24. The van der Waals surface area contributed by atoms with Crippen LogP contribution in [-0.4, -0.2) is 19.5 Å². The zero-order valence-corrected chi connectivity index (χ0v) is 13.4. The third kappa shape index (κ3) is 2.59. The van der Waals surface area contributed by atoms with Gasteiger partial charge in [0.25, 0.3) is 5.56 Å². The van der Waals surface area contributed by atoms with Crippen molar-refractivity contribution >= 4 is 22.8 Å². The fourth-order valence-corrected chi connectivity index (χ4v) is 2.89. The number of H-pyrrole nitrogens is 1. The van der Waals surface area contributed by atoms with E-state index >= 15 is 0 Å². The summed E-state index contributed by atoms with van der Waals surface area (Å²) < 4.78 is 1.80. The van der Waals surface area contributed by atoms with Crippen LogP contribution in [0.2, 0.25) is 5.02 Å². The predicted octanol–water partition coefficient (Wildman–Crippen LogP) is 3.49. The van der Waals surface area contributed by atoms with Crippen LogP contribution in [0.5, 0.6) is 0 Å². The molecule has 0 saturated carbocycles. The van der Waals surface area contributed by atoms with Crippen LogP contribution in [0.4, 0.5) is 0 Å². The predicted molar refractivity (Wildman–Crippen MR) is 94.1 cm³/mol. The zero-order valence-electron chi connectivity index (χ0n) is 12.6. The molecule has 2 heterocycles. The number of nitrogens with zero attached hydrogens (tertiary/aromatic N) is 3. The van der Waals surface area contributed by atoms with Gasteiger partial charge in [-0.2, -0.15) is 0 Å². The Hall–Kier alpha value is -2.92. The number of hydrogen-bond donors (Lipinski definition) is 1. The lowest BCUT2D eigenvalue weighted by molar-refractivity contribution is 0.819. The van der Waals surface area contributed by atoms with E-state index in [0.29, 0.717) is 34.1 Å². The van der Waals surface area contributed by atoms with Gasteiger partial charge in [0.1, 0.15) is 5.82 Å². The van der Waals surface area contributed by atoms with E-state index in [2.05, 4.69) is 15.0 Å². The van der Waals surface area contributed by atoms with Crippen molar-refractivity contribution in [3.05, 3.63) is 81.9 Å². The molecule has 0 unspecified atom stereocenters. The number of rotatable bonds is 3. The number of halogens is 1. The van der Waals surface area contributed by atoms with Gasteiger partial charge in [-0.25, -0.2) is 9.97 Å². The molecule has 118 valence electrons. The Morgan fingerprint density at radius 1 is 1.04 bits per heavy atom. The first-order valence-corrected chi connectivity index (χ1v) is 7.84. The van der Waals surface area contributed by atoms with E-state index in [-0.39, 0.29) is 5.56 Å². The number of benzene rings is 2. The summed E-state index contributed by atoms with van der Waals surface area (Å²) in [5.74, 6) is 0.420. The molecular formula is C18H13ClN4O. The van der Waals surface area contributed by atoms with Crippen molar-refractivity contribution in [3.8, 4) is 11.4 Å². The summed E-state index contributed by atoms with van der Waals surface area (Å²) in [6, 6.07) is 17.1. The first-order valence-electron chi connectivity index (χ1n) is 7.46. The van der Waals surface area contributed by atoms with Gasteiger partial charge in [-0.3, -0.25) is 4.79 Å². The van der Waals surface area contributed by atoms with Crippen molar-refractivity contribution in [3.63, 3.8) is 0 Å². The minimum atomic E-state index is -0.233.